The van der Waals surface area contributed by atoms with Gasteiger partial charge in [-0.05, 0) is 60.9 Å². The number of amides is 1. The molecule has 0 unspecified atom stereocenters. The molecule has 0 atom stereocenters. The van der Waals surface area contributed by atoms with Crippen molar-refractivity contribution in [2.24, 2.45) is 0 Å². The van der Waals surface area contributed by atoms with Gasteiger partial charge >= 0.3 is 0 Å². The second-order valence-corrected chi connectivity index (χ2v) is 7.35. The Labute approximate surface area is 185 Å². The number of rotatable bonds is 6. The SMILES string of the molecule is Cc1cccc(NC(=O)/C(C#N)=C/c2ccc(OCc3ccccc3F)c(Cl)c2)c1C. The Hall–Kier alpha value is -3.62. The summed E-state index contributed by atoms with van der Waals surface area (Å²) < 4.78 is 19.3. The average molecular weight is 435 g/mol. The third-order valence-corrected chi connectivity index (χ3v) is 5.12. The summed E-state index contributed by atoms with van der Waals surface area (Å²) in [5, 5.41) is 12.5. The molecule has 0 aliphatic carbocycles. The number of aryl methyl sites for hydroxylation is 1. The van der Waals surface area contributed by atoms with Gasteiger partial charge < -0.3 is 10.1 Å². The fourth-order valence-corrected chi connectivity index (χ4v) is 3.13. The summed E-state index contributed by atoms with van der Waals surface area (Å²) in [6.45, 7) is 3.88. The van der Waals surface area contributed by atoms with Crippen LogP contribution in [0.25, 0.3) is 6.08 Å². The molecule has 4 nitrogen and oxygen atoms in total. The van der Waals surface area contributed by atoms with Gasteiger partial charge in [-0.1, -0.05) is 48.0 Å². The minimum absolute atomic E-state index is 0.0310. The molecule has 156 valence electrons. The van der Waals surface area contributed by atoms with E-state index in [0.29, 0.717) is 22.6 Å². The summed E-state index contributed by atoms with van der Waals surface area (Å²) in [7, 11) is 0. The largest absolute Gasteiger partial charge is 0.487 e. The van der Waals surface area contributed by atoms with Gasteiger partial charge in [0, 0.05) is 11.3 Å². The number of anilines is 1. The Morgan fingerprint density at radius 2 is 1.94 bits per heavy atom. The average Bonchev–Trinajstić information content (AvgIpc) is 2.75. The normalized spacial score (nSPS) is 11.0. The lowest BCUT2D eigenvalue weighted by Crippen LogP contribution is -2.14. The molecule has 3 aromatic rings. The van der Waals surface area contributed by atoms with E-state index in [4.69, 9.17) is 16.3 Å². The molecule has 3 rings (SSSR count). The number of nitrogens with one attached hydrogen (secondary N) is 1. The molecule has 0 spiro atoms. The lowest BCUT2D eigenvalue weighted by Gasteiger charge is -2.10. The smallest absolute Gasteiger partial charge is 0.266 e. The summed E-state index contributed by atoms with van der Waals surface area (Å²) >= 11 is 6.28. The second kappa shape index (κ2) is 9.92. The van der Waals surface area contributed by atoms with Crippen LogP contribution in [0.5, 0.6) is 5.75 Å². The van der Waals surface area contributed by atoms with Crippen LogP contribution in [-0.2, 0) is 11.4 Å². The minimum atomic E-state index is -0.507. The third kappa shape index (κ3) is 5.50. The van der Waals surface area contributed by atoms with Gasteiger partial charge in [0.25, 0.3) is 5.91 Å². The van der Waals surface area contributed by atoms with Crippen molar-refractivity contribution in [2.45, 2.75) is 20.5 Å². The lowest BCUT2D eigenvalue weighted by molar-refractivity contribution is -0.112. The maximum atomic E-state index is 13.7. The monoisotopic (exact) mass is 434 g/mol. The first-order chi connectivity index (χ1) is 14.9. The van der Waals surface area contributed by atoms with Crippen molar-refractivity contribution in [3.8, 4) is 11.8 Å². The number of hydrogen-bond acceptors (Lipinski definition) is 3. The molecule has 0 aromatic heterocycles. The molecular formula is C25H20ClFN2O2. The Morgan fingerprint density at radius 1 is 1.16 bits per heavy atom. The highest BCUT2D eigenvalue weighted by molar-refractivity contribution is 6.32. The molecule has 1 amide bonds. The Bertz CT molecular complexity index is 1200. The molecule has 0 saturated heterocycles. The number of benzene rings is 3. The number of halogens is 2. The van der Waals surface area contributed by atoms with Gasteiger partial charge in [0.15, 0.2) is 0 Å². The van der Waals surface area contributed by atoms with E-state index in [-0.39, 0.29) is 23.0 Å². The van der Waals surface area contributed by atoms with E-state index < -0.39 is 5.91 Å². The van der Waals surface area contributed by atoms with Crippen molar-refractivity contribution in [2.75, 3.05) is 5.32 Å². The summed E-state index contributed by atoms with van der Waals surface area (Å²) in [6, 6.07) is 18.7. The van der Waals surface area contributed by atoms with E-state index in [9.17, 15) is 14.4 Å². The summed E-state index contributed by atoms with van der Waals surface area (Å²) in [5.41, 5.74) is 3.55. The molecule has 6 heteroatoms. The van der Waals surface area contributed by atoms with Crippen molar-refractivity contribution < 1.29 is 13.9 Å². The molecule has 0 heterocycles. The van der Waals surface area contributed by atoms with Gasteiger partial charge in [-0.3, -0.25) is 4.79 Å². The van der Waals surface area contributed by atoms with Crippen LogP contribution in [0.3, 0.4) is 0 Å². The van der Waals surface area contributed by atoms with Crippen LogP contribution in [0, 0.1) is 31.0 Å². The maximum Gasteiger partial charge on any atom is 0.266 e. The number of ether oxygens (including phenoxy) is 1. The van der Waals surface area contributed by atoms with Crippen LogP contribution in [0.15, 0.2) is 66.2 Å². The highest BCUT2D eigenvalue weighted by atomic mass is 35.5. The van der Waals surface area contributed by atoms with E-state index in [0.717, 1.165) is 11.1 Å². The predicted octanol–water partition coefficient (Wildman–Crippen LogP) is 6.22. The van der Waals surface area contributed by atoms with Crippen LogP contribution in [0.4, 0.5) is 10.1 Å². The van der Waals surface area contributed by atoms with Gasteiger partial charge in [-0.25, -0.2) is 4.39 Å². The fourth-order valence-electron chi connectivity index (χ4n) is 2.89. The third-order valence-electron chi connectivity index (χ3n) is 4.83. The Kier molecular flexibility index (Phi) is 7.07. The van der Waals surface area contributed by atoms with Gasteiger partial charge in [0.05, 0.1) is 5.02 Å². The zero-order valence-electron chi connectivity index (χ0n) is 17.1. The standard InChI is InChI=1S/C25H20ClFN2O2/c1-16-6-5-9-23(17(16)2)29-25(30)20(14-28)12-18-10-11-24(21(26)13-18)31-15-19-7-3-4-8-22(19)27/h3-13H,15H2,1-2H3,(H,29,30)/b20-12+. The molecule has 0 fully saturated rings. The predicted molar refractivity (Wildman–Crippen MR) is 120 cm³/mol. The Morgan fingerprint density at radius 3 is 2.65 bits per heavy atom. The highest BCUT2D eigenvalue weighted by Crippen LogP contribution is 2.28. The Balaban J connectivity index is 1.74. The lowest BCUT2D eigenvalue weighted by atomic mass is 10.1. The number of hydrogen-bond donors (Lipinski definition) is 1. The van der Waals surface area contributed by atoms with Gasteiger partial charge in [-0.2, -0.15) is 5.26 Å². The number of carbonyl (C=O) groups is 1. The molecule has 0 saturated carbocycles. The van der Waals surface area contributed by atoms with Crippen molar-refractivity contribution in [1.82, 2.24) is 0 Å². The zero-order chi connectivity index (χ0) is 22.4. The zero-order valence-corrected chi connectivity index (χ0v) is 17.8. The fraction of sp³-hybridized carbons (Fsp3) is 0.120. The highest BCUT2D eigenvalue weighted by Gasteiger charge is 2.12. The van der Waals surface area contributed by atoms with E-state index in [1.165, 1.54) is 12.1 Å². The molecule has 0 bridgehead atoms. The summed E-state index contributed by atoms with van der Waals surface area (Å²) in [5.74, 6) is -0.487. The molecule has 31 heavy (non-hydrogen) atoms. The van der Waals surface area contributed by atoms with Crippen LogP contribution in [-0.4, -0.2) is 5.91 Å². The quantitative estimate of drug-likeness (QED) is 0.370. The van der Waals surface area contributed by atoms with E-state index >= 15 is 0 Å². The first-order valence-corrected chi connectivity index (χ1v) is 9.92. The van der Waals surface area contributed by atoms with Crippen LogP contribution in [0.2, 0.25) is 5.02 Å². The van der Waals surface area contributed by atoms with Crippen molar-refractivity contribution in [3.05, 3.63) is 99.3 Å². The van der Waals surface area contributed by atoms with E-state index in [1.54, 1.807) is 42.5 Å². The van der Waals surface area contributed by atoms with Crippen LogP contribution < -0.4 is 10.1 Å². The minimum Gasteiger partial charge on any atom is -0.487 e. The van der Waals surface area contributed by atoms with Crippen molar-refractivity contribution >= 4 is 29.3 Å². The van der Waals surface area contributed by atoms with Gasteiger partial charge in [0.2, 0.25) is 0 Å². The van der Waals surface area contributed by atoms with Gasteiger partial charge in [0.1, 0.15) is 29.8 Å². The molecule has 0 aliphatic heterocycles. The first kappa shape index (κ1) is 22.1. The number of nitriles is 1. The molecule has 0 aliphatic rings. The molecular weight excluding hydrogens is 415 g/mol. The van der Waals surface area contributed by atoms with Crippen molar-refractivity contribution in [1.29, 1.82) is 5.26 Å². The van der Waals surface area contributed by atoms with Crippen LogP contribution in [0.1, 0.15) is 22.3 Å². The molecule has 1 N–H and O–H groups in total. The van der Waals surface area contributed by atoms with E-state index in [1.807, 2.05) is 32.0 Å². The molecule has 3 aromatic carbocycles. The second-order valence-electron chi connectivity index (χ2n) is 6.94. The topological polar surface area (TPSA) is 62.1 Å². The summed E-state index contributed by atoms with van der Waals surface area (Å²) in [4.78, 5) is 12.6. The number of nitrogens with zero attached hydrogens (tertiary/aromatic N) is 1. The first-order valence-electron chi connectivity index (χ1n) is 9.54. The van der Waals surface area contributed by atoms with Gasteiger partial charge in [-0.15, -0.1) is 0 Å². The van der Waals surface area contributed by atoms with Crippen molar-refractivity contribution in [3.63, 3.8) is 0 Å². The molecule has 0 radical (unpaired) electrons. The van der Waals surface area contributed by atoms with E-state index in [2.05, 4.69) is 5.32 Å². The summed E-state index contributed by atoms with van der Waals surface area (Å²) in [6.07, 6.45) is 1.45. The van der Waals surface area contributed by atoms with Crippen LogP contribution >= 0.6 is 11.6 Å². The maximum absolute atomic E-state index is 13.7. The number of carbonyl (C=O) groups excluding carboxylic acids is 1.